The zero-order valence-electron chi connectivity index (χ0n) is 11.6. The van der Waals surface area contributed by atoms with Crippen molar-refractivity contribution in [1.29, 1.82) is 0 Å². The number of aryl methyl sites for hydroxylation is 1. The third kappa shape index (κ3) is 2.41. The Morgan fingerprint density at radius 2 is 2.35 bits per heavy atom. The molecule has 104 valence electrons. The van der Waals surface area contributed by atoms with E-state index in [1.807, 2.05) is 37.7 Å². The third-order valence-corrected chi connectivity index (χ3v) is 4.55. The van der Waals surface area contributed by atoms with Crippen molar-refractivity contribution in [1.82, 2.24) is 9.88 Å². The van der Waals surface area contributed by atoms with Crippen LogP contribution >= 0.6 is 11.3 Å². The summed E-state index contributed by atoms with van der Waals surface area (Å²) in [4.78, 5) is 19.6. The van der Waals surface area contributed by atoms with Gasteiger partial charge in [0.25, 0.3) is 5.91 Å². The van der Waals surface area contributed by atoms with Crippen molar-refractivity contribution in [3.8, 4) is 0 Å². The van der Waals surface area contributed by atoms with Crippen molar-refractivity contribution in [3.63, 3.8) is 0 Å². The maximum absolute atomic E-state index is 12.5. The number of thiazole rings is 1. The number of carbonyl (C=O) groups is 1. The fourth-order valence-corrected chi connectivity index (χ4v) is 3.25. The summed E-state index contributed by atoms with van der Waals surface area (Å²) >= 11 is 1.60. The van der Waals surface area contributed by atoms with Gasteiger partial charge < -0.3 is 10.2 Å². The molecule has 0 radical (unpaired) electrons. The number of rotatable bonds is 3. The van der Waals surface area contributed by atoms with Crippen molar-refractivity contribution in [2.75, 3.05) is 18.9 Å². The van der Waals surface area contributed by atoms with Crippen LogP contribution in [-0.2, 0) is 13.0 Å². The monoisotopic (exact) mass is 287 g/mol. The topological polar surface area (TPSA) is 45.2 Å². The highest BCUT2D eigenvalue weighted by Gasteiger charge is 2.17. The average Bonchev–Trinajstić information content (AvgIpc) is 3.06. The molecule has 1 aliphatic heterocycles. The Hall–Kier alpha value is -1.88. The predicted molar refractivity (Wildman–Crippen MR) is 81.3 cm³/mol. The first-order valence-corrected chi connectivity index (χ1v) is 7.54. The summed E-state index contributed by atoms with van der Waals surface area (Å²) in [6.45, 7) is 3.55. The van der Waals surface area contributed by atoms with Gasteiger partial charge in [0.15, 0.2) is 0 Å². The first-order valence-electron chi connectivity index (χ1n) is 6.66. The highest BCUT2D eigenvalue weighted by atomic mass is 32.1. The summed E-state index contributed by atoms with van der Waals surface area (Å²) in [6.07, 6.45) is 0.994. The van der Waals surface area contributed by atoms with Gasteiger partial charge >= 0.3 is 0 Å². The summed E-state index contributed by atoms with van der Waals surface area (Å²) in [5, 5.41) is 3.31. The zero-order valence-corrected chi connectivity index (χ0v) is 12.5. The Labute approximate surface area is 122 Å². The number of carbonyl (C=O) groups excluding carboxylic acids is 1. The first kappa shape index (κ1) is 13.1. The van der Waals surface area contributed by atoms with Crippen LogP contribution in [0.4, 0.5) is 5.69 Å². The molecule has 1 aliphatic rings. The molecule has 5 heteroatoms. The second kappa shape index (κ2) is 5.25. The molecular formula is C15H17N3OS. The number of nitrogens with zero attached hydrogens (tertiary/aromatic N) is 2. The number of hydrogen-bond acceptors (Lipinski definition) is 4. The van der Waals surface area contributed by atoms with Gasteiger partial charge in [0.2, 0.25) is 0 Å². The minimum atomic E-state index is 0.0625. The number of hydrogen-bond donors (Lipinski definition) is 1. The predicted octanol–water partition coefficient (Wildman–Crippen LogP) is 2.69. The van der Waals surface area contributed by atoms with Gasteiger partial charge in [-0.05, 0) is 37.1 Å². The fourth-order valence-electron chi connectivity index (χ4n) is 2.42. The number of amides is 1. The SMILES string of the molecule is Cc1ncsc1CN(C)C(=O)c1ccc2c(c1)CCN2. The van der Waals surface area contributed by atoms with E-state index in [9.17, 15) is 4.79 Å². The van der Waals surface area contributed by atoms with Crippen LogP contribution < -0.4 is 5.32 Å². The lowest BCUT2D eigenvalue weighted by Crippen LogP contribution is -2.26. The van der Waals surface area contributed by atoms with Crippen molar-refractivity contribution >= 4 is 22.9 Å². The fraction of sp³-hybridized carbons (Fsp3) is 0.333. The molecule has 1 aromatic carbocycles. The van der Waals surface area contributed by atoms with E-state index in [1.165, 1.54) is 5.56 Å². The Kier molecular flexibility index (Phi) is 3.44. The smallest absolute Gasteiger partial charge is 0.253 e. The van der Waals surface area contributed by atoms with E-state index in [0.29, 0.717) is 6.54 Å². The molecule has 0 bridgehead atoms. The molecule has 1 N–H and O–H groups in total. The largest absolute Gasteiger partial charge is 0.384 e. The maximum Gasteiger partial charge on any atom is 0.253 e. The van der Waals surface area contributed by atoms with Gasteiger partial charge in [-0.1, -0.05) is 0 Å². The Morgan fingerprint density at radius 1 is 1.50 bits per heavy atom. The van der Waals surface area contributed by atoms with Gasteiger partial charge in [-0.15, -0.1) is 11.3 Å². The van der Waals surface area contributed by atoms with E-state index >= 15 is 0 Å². The molecule has 20 heavy (non-hydrogen) atoms. The van der Waals surface area contributed by atoms with Crippen LogP contribution in [-0.4, -0.2) is 29.4 Å². The number of benzene rings is 1. The van der Waals surface area contributed by atoms with Crippen LogP contribution in [0.5, 0.6) is 0 Å². The Balaban J connectivity index is 1.76. The summed E-state index contributed by atoms with van der Waals surface area (Å²) in [5.74, 6) is 0.0625. The minimum Gasteiger partial charge on any atom is -0.384 e. The van der Waals surface area contributed by atoms with Crippen LogP contribution in [0.2, 0.25) is 0 Å². The van der Waals surface area contributed by atoms with Crippen LogP contribution in [0.25, 0.3) is 0 Å². The molecule has 0 fully saturated rings. The number of nitrogens with one attached hydrogen (secondary N) is 1. The van der Waals surface area contributed by atoms with Gasteiger partial charge in [0.1, 0.15) is 0 Å². The molecule has 4 nitrogen and oxygen atoms in total. The third-order valence-electron chi connectivity index (χ3n) is 3.63. The highest BCUT2D eigenvalue weighted by molar-refractivity contribution is 7.09. The van der Waals surface area contributed by atoms with Crippen LogP contribution in [0.3, 0.4) is 0 Å². The molecule has 0 spiro atoms. The van der Waals surface area contributed by atoms with Crippen molar-refractivity contribution in [2.24, 2.45) is 0 Å². The number of anilines is 1. The van der Waals surface area contributed by atoms with E-state index in [0.717, 1.165) is 34.8 Å². The summed E-state index contributed by atoms with van der Waals surface area (Å²) < 4.78 is 0. The molecule has 1 aromatic heterocycles. The normalized spacial score (nSPS) is 12.9. The minimum absolute atomic E-state index is 0.0625. The van der Waals surface area contributed by atoms with Crippen LogP contribution in [0, 0.1) is 6.92 Å². The quantitative estimate of drug-likeness (QED) is 0.944. The summed E-state index contributed by atoms with van der Waals surface area (Å²) in [5.41, 5.74) is 5.98. The molecule has 0 saturated heterocycles. The second-order valence-electron chi connectivity index (χ2n) is 5.07. The first-order chi connectivity index (χ1) is 9.65. The second-order valence-corrected chi connectivity index (χ2v) is 6.01. The summed E-state index contributed by atoms with van der Waals surface area (Å²) in [6, 6.07) is 5.91. The zero-order chi connectivity index (χ0) is 14.1. The maximum atomic E-state index is 12.5. The molecule has 0 unspecified atom stereocenters. The molecule has 0 atom stereocenters. The van der Waals surface area contributed by atoms with E-state index in [1.54, 1.807) is 16.2 Å². The van der Waals surface area contributed by atoms with E-state index < -0.39 is 0 Å². The molecule has 0 saturated carbocycles. The van der Waals surface area contributed by atoms with Gasteiger partial charge in [0.05, 0.1) is 17.7 Å². The summed E-state index contributed by atoms with van der Waals surface area (Å²) in [7, 11) is 1.84. The Bertz CT molecular complexity index is 650. The lowest BCUT2D eigenvalue weighted by molar-refractivity contribution is 0.0786. The van der Waals surface area contributed by atoms with Crippen molar-refractivity contribution < 1.29 is 4.79 Å². The van der Waals surface area contributed by atoms with Gasteiger partial charge in [-0.25, -0.2) is 4.98 Å². The molecule has 2 heterocycles. The lowest BCUT2D eigenvalue weighted by atomic mass is 10.1. The lowest BCUT2D eigenvalue weighted by Gasteiger charge is -2.17. The van der Waals surface area contributed by atoms with E-state index in [2.05, 4.69) is 10.3 Å². The van der Waals surface area contributed by atoms with Crippen LogP contribution in [0.1, 0.15) is 26.5 Å². The van der Waals surface area contributed by atoms with Crippen molar-refractivity contribution in [2.45, 2.75) is 19.9 Å². The molecule has 1 amide bonds. The van der Waals surface area contributed by atoms with Crippen molar-refractivity contribution in [3.05, 3.63) is 45.4 Å². The van der Waals surface area contributed by atoms with Gasteiger partial charge in [-0.3, -0.25) is 4.79 Å². The molecule has 3 rings (SSSR count). The van der Waals surface area contributed by atoms with Gasteiger partial charge in [0, 0.05) is 29.7 Å². The number of aromatic nitrogens is 1. The average molecular weight is 287 g/mol. The molecular weight excluding hydrogens is 270 g/mol. The molecule has 2 aromatic rings. The number of fused-ring (bicyclic) bond motifs is 1. The van der Waals surface area contributed by atoms with Crippen LogP contribution in [0.15, 0.2) is 23.7 Å². The Morgan fingerprint density at radius 3 is 3.10 bits per heavy atom. The highest BCUT2D eigenvalue weighted by Crippen LogP contribution is 2.24. The molecule has 0 aliphatic carbocycles. The standard InChI is InChI=1S/C15H17N3OS/c1-10-14(20-9-17-10)8-18(2)15(19)12-3-4-13-11(7-12)5-6-16-13/h3-4,7,9,16H,5-6,8H2,1-2H3. The van der Waals surface area contributed by atoms with Gasteiger partial charge in [-0.2, -0.15) is 0 Å². The van der Waals surface area contributed by atoms with E-state index in [-0.39, 0.29) is 5.91 Å². The van der Waals surface area contributed by atoms with E-state index in [4.69, 9.17) is 0 Å².